The van der Waals surface area contributed by atoms with E-state index < -0.39 is 0 Å². The summed E-state index contributed by atoms with van der Waals surface area (Å²) >= 11 is 0. The Bertz CT molecular complexity index is 538. The van der Waals surface area contributed by atoms with Gasteiger partial charge in [-0.2, -0.15) is 0 Å². The van der Waals surface area contributed by atoms with Gasteiger partial charge in [0.05, 0.1) is 6.54 Å². The highest BCUT2D eigenvalue weighted by Crippen LogP contribution is 2.20. The molecular formula is C16H22N4. The molecular weight excluding hydrogens is 248 g/mol. The molecule has 1 aromatic heterocycles. The molecule has 0 spiro atoms. The molecule has 2 aromatic rings. The average molecular weight is 270 g/mol. The lowest BCUT2D eigenvalue weighted by molar-refractivity contribution is 0.639. The maximum absolute atomic E-state index is 4.31. The Kier molecular flexibility index (Phi) is 4.02. The van der Waals surface area contributed by atoms with Crippen LogP contribution in [0.3, 0.4) is 0 Å². The van der Waals surface area contributed by atoms with Crippen LogP contribution in [0, 0.1) is 0 Å². The zero-order valence-electron chi connectivity index (χ0n) is 12.0. The van der Waals surface area contributed by atoms with Crippen molar-refractivity contribution in [3.05, 3.63) is 48.0 Å². The summed E-state index contributed by atoms with van der Waals surface area (Å²) in [6.45, 7) is 4.10. The molecule has 106 valence electrons. The normalized spacial score (nSPS) is 14.9. The summed E-state index contributed by atoms with van der Waals surface area (Å²) in [5.41, 5.74) is 2.68. The molecule has 0 atom stereocenters. The van der Waals surface area contributed by atoms with Crippen molar-refractivity contribution in [1.82, 2.24) is 14.9 Å². The number of hydrogen-bond acceptors (Lipinski definition) is 3. The maximum atomic E-state index is 4.31. The minimum Gasteiger partial charge on any atom is -0.372 e. The maximum Gasteiger partial charge on any atom is 0.122 e. The molecule has 0 amide bonds. The van der Waals surface area contributed by atoms with E-state index in [-0.39, 0.29) is 0 Å². The molecule has 0 saturated carbocycles. The predicted molar refractivity (Wildman–Crippen MR) is 81.6 cm³/mol. The fourth-order valence-electron chi connectivity index (χ4n) is 2.69. The third kappa shape index (κ3) is 3.02. The minimum atomic E-state index is 0.803. The van der Waals surface area contributed by atoms with Crippen LogP contribution in [0.25, 0.3) is 0 Å². The fourth-order valence-corrected chi connectivity index (χ4v) is 2.69. The molecule has 0 bridgehead atoms. The van der Waals surface area contributed by atoms with Crippen LogP contribution in [0.15, 0.2) is 36.7 Å². The van der Waals surface area contributed by atoms with E-state index in [2.05, 4.69) is 39.5 Å². The fraction of sp³-hybridized carbons (Fsp3) is 0.438. The zero-order chi connectivity index (χ0) is 13.8. The highest BCUT2D eigenvalue weighted by Gasteiger charge is 2.11. The minimum absolute atomic E-state index is 0.803. The Morgan fingerprint density at radius 3 is 2.50 bits per heavy atom. The van der Waals surface area contributed by atoms with Crippen LogP contribution in [0.5, 0.6) is 0 Å². The molecule has 1 N–H and O–H groups in total. The van der Waals surface area contributed by atoms with Gasteiger partial charge in [0.15, 0.2) is 0 Å². The van der Waals surface area contributed by atoms with Crippen molar-refractivity contribution in [2.45, 2.75) is 25.9 Å². The lowest BCUT2D eigenvalue weighted by Gasteiger charge is -2.17. The summed E-state index contributed by atoms with van der Waals surface area (Å²) in [5.74, 6) is 1.07. The third-order valence-corrected chi connectivity index (χ3v) is 3.94. The molecule has 1 aliphatic rings. The van der Waals surface area contributed by atoms with Crippen molar-refractivity contribution in [2.24, 2.45) is 7.05 Å². The summed E-state index contributed by atoms with van der Waals surface area (Å²) in [5, 5.41) is 3.44. The highest BCUT2D eigenvalue weighted by atomic mass is 15.1. The van der Waals surface area contributed by atoms with Gasteiger partial charge in [-0.1, -0.05) is 12.1 Å². The van der Waals surface area contributed by atoms with Gasteiger partial charge < -0.3 is 14.8 Å². The van der Waals surface area contributed by atoms with E-state index in [0.29, 0.717) is 0 Å². The van der Waals surface area contributed by atoms with E-state index in [0.717, 1.165) is 18.9 Å². The molecule has 0 unspecified atom stereocenters. The first-order chi connectivity index (χ1) is 9.83. The molecule has 1 saturated heterocycles. The van der Waals surface area contributed by atoms with Gasteiger partial charge in [0, 0.05) is 44.8 Å². The number of aryl methyl sites for hydroxylation is 1. The number of rotatable bonds is 5. The first-order valence-corrected chi connectivity index (χ1v) is 7.34. The van der Waals surface area contributed by atoms with Crippen molar-refractivity contribution in [2.75, 3.05) is 18.0 Å². The third-order valence-electron chi connectivity index (χ3n) is 3.94. The Morgan fingerprint density at radius 2 is 1.85 bits per heavy atom. The lowest BCUT2D eigenvalue weighted by Crippen LogP contribution is -2.18. The summed E-state index contributed by atoms with van der Waals surface area (Å²) in [4.78, 5) is 6.77. The first kappa shape index (κ1) is 13.2. The Hall–Kier alpha value is -1.81. The number of nitrogens with zero attached hydrogens (tertiary/aromatic N) is 3. The van der Waals surface area contributed by atoms with Crippen LogP contribution in [-0.2, 0) is 20.1 Å². The molecule has 1 aliphatic heterocycles. The topological polar surface area (TPSA) is 33.1 Å². The van der Waals surface area contributed by atoms with Crippen LogP contribution < -0.4 is 10.2 Å². The predicted octanol–water partition coefficient (Wildman–Crippen LogP) is 2.31. The van der Waals surface area contributed by atoms with Gasteiger partial charge in [-0.05, 0) is 30.5 Å². The van der Waals surface area contributed by atoms with Gasteiger partial charge >= 0.3 is 0 Å². The molecule has 0 radical (unpaired) electrons. The molecule has 20 heavy (non-hydrogen) atoms. The largest absolute Gasteiger partial charge is 0.372 e. The number of imidazole rings is 1. The molecule has 4 nitrogen and oxygen atoms in total. The molecule has 2 heterocycles. The van der Waals surface area contributed by atoms with Crippen molar-refractivity contribution in [3.63, 3.8) is 0 Å². The summed E-state index contributed by atoms with van der Waals surface area (Å²) in [7, 11) is 2.02. The van der Waals surface area contributed by atoms with Gasteiger partial charge in [0.1, 0.15) is 5.82 Å². The number of nitrogens with one attached hydrogen (secondary N) is 1. The molecule has 0 aliphatic carbocycles. The SMILES string of the molecule is Cn1ccnc1CNCc1ccc(N2CCCC2)cc1. The van der Waals surface area contributed by atoms with Gasteiger partial charge in [0.25, 0.3) is 0 Å². The van der Waals surface area contributed by atoms with E-state index in [1.54, 1.807) is 0 Å². The van der Waals surface area contributed by atoms with Crippen LogP contribution >= 0.6 is 0 Å². The average Bonchev–Trinajstić information content (AvgIpc) is 3.12. The number of anilines is 1. The Labute approximate surface area is 120 Å². The lowest BCUT2D eigenvalue weighted by atomic mass is 10.2. The monoisotopic (exact) mass is 270 g/mol. The number of hydrogen-bond donors (Lipinski definition) is 1. The summed E-state index contributed by atoms with van der Waals surface area (Å²) < 4.78 is 2.05. The van der Waals surface area contributed by atoms with Crippen LogP contribution in [0.1, 0.15) is 24.2 Å². The van der Waals surface area contributed by atoms with Crippen molar-refractivity contribution in [1.29, 1.82) is 0 Å². The van der Waals surface area contributed by atoms with Crippen LogP contribution in [-0.4, -0.2) is 22.6 Å². The van der Waals surface area contributed by atoms with Crippen molar-refractivity contribution < 1.29 is 0 Å². The molecule has 3 rings (SSSR count). The summed E-state index contributed by atoms with van der Waals surface area (Å²) in [6, 6.07) is 8.92. The van der Waals surface area contributed by atoms with E-state index in [9.17, 15) is 0 Å². The van der Waals surface area contributed by atoms with Gasteiger partial charge in [-0.3, -0.25) is 0 Å². The van der Waals surface area contributed by atoms with Gasteiger partial charge in [-0.25, -0.2) is 4.98 Å². The molecule has 1 aromatic carbocycles. The quantitative estimate of drug-likeness (QED) is 0.905. The van der Waals surface area contributed by atoms with E-state index >= 15 is 0 Å². The molecule has 1 fully saturated rings. The first-order valence-electron chi connectivity index (χ1n) is 7.34. The Balaban J connectivity index is 1.52. The van der Waals surface area contributed by atoms with Crippen LogP contribution in [0.4, 0.5) is 5.69 Å². The van der Waals surface area contributed by atoms with Gasteiger partial charge in [-0.15, -0.1) is 0 Å². The number of benzene rings is 1. The van der Waals surface area contributed by atoms with Crippen molar-refractivity contribution >= 4 is 5.69 Å². The number of aromatic nitrogens is 2. The second kappa shape index (κ2) is 6.09. The second-order valence-corrected chi connectivity index (χ2v) is 5.42. The van der Waals surface area contributed by atoms with E-state index in [4.69, 9.17) is 0 Å². The smallest absolute Gasteiger partial charge is 0.122 e. The Morgan fingerprint density at radius 1 is 1.10 bits per heavy atom. The van der Waals surface area contributed by atoms with Crippen LogP contribution in [0.2, 0.25) is 0 Å². The standard InChI is InChI=1S/C16H22N4/c1-19-11-8-18-16(19)13-17-12-14-4-6-15(7-5-14)20-9-2-3-10-20/h4-8,11,17H,2-3,9-10,12-13H2,1H3. The zero-order valence-corrected chi connectivity index (χ0v) is 12.0. The second-order valence-electron chi connectivity index (χ2n) is 5.42. The van der Waals surface area contributed by atoms with Crippen molar-refractivity contribution in [3.8, 4) is 0 Å². The van der Waals surface area contributed by atoms with Gasteiger partial charge in [0.2, 0.25) is 0 Å². The highest BCUT2D eigenvalue weighted by molar-refractivity contribution is 5.48. The van der Waals surface area contributed by atoms with E-state index in [1.807, 2.05) is 24.0 Å². The molecule has 4 heteroatoms. The summed E-state index contributed by atoms with van der Waals surface area (Å²) in [6.07, 6.45) is 6.46. The van der Waals surface area contributed by atoms with E-state index in [1.165, 1.54) is 37.2 Å².